The molecule has 3 rings (SSSR count). The van der Waals surface area contributed by atoms with Gasteiger partial charge in [-0.2, -0.15) is 5.10 Å². The van der Waals surface area contributed by atoms with Gasteiger partial charge < -0.3 is 4.74 Å². The highest BCUT2D eigenvalue weighted by Gasteiger charge is 2.16. The van der Waals surface area contributed by atoms with Crippen LogP contribution in [-0.4, -0.2) is 34.8 Å². The van der Waals surface area contributed by atoms with Crippen LogP contribution in [0.3, 0.4) is 0 Å². The molecule has 1 aromatic heterocycles. The van der Waals surface area contributed by atoms with Crippen LogP contribution in [0.4, 0.5) is 0 Å². The molecule has 2 heterocycles. The zero-order valence-electron chi connectivity index (χ0n) is 12.4. The number of nitrogens with zero attached hydrogens (tertiary/aromatic N) is 2. The fourth-order valence-corrected chi connectivity index (χ4v) is 3.01. The molecule has 0 amide bonds. The average molecular weight is 306 g/mol. The summed E-state index contributed by atoms with van der Waals surface area (Å²) >= 11 is 6.09. The van der Waals surface area contributed by atoms with Gasteiger partial charge in [0, 0.05) is 35.9 Å². The molecule has 0 atom stereocenters. The molecule has 5 heteroatoms. The number of rotatable bonds is 3. The number of aromatic amines is 1. The van der Waals surface area contributed by atoms with Crippen molar-refractivity contribution in [2.24, 2.45) is 0 Å². The van der Waals surface area contributed by atoms with Gasteiger partial charge in [-0.25, -0.2) is 0 Å². The second-order valence-electron chi connectivity index (χ2n) is 5.54. The minimum Gasteiger partial charge on any atom is -0.492 e. The van der Waals surface area contributed by atoms with Crippen molar-refractivity contribution in [2.75, 3.05) is 19.7 Å². The van der Waals surface area contributed by atoms with Gasteiger partial charge in [-0.05, 0) is 44.0 Å². The lowest BCUT2D eigenvalue weighted by Gasteiger charge is -2.19. The average Bonchev–Trinajstić information content (AvgIpc) is 2.67. The van der Waals surface area contributed by atoms with Crippen molar-refractivity contribution in [1.29, 1.82) is 0 Å². The number of aryl methyl sites for hydroxylation is 2. The zero-order chi connectivity index (χ0) is 14.8. The first-order valence-electron chi connectivity index (χ1n) is 7.27. The fraction of sp³-hybridized carbons (Fsp3) is 0.438. The van der Waals surface area contributed by atoms with Crippen molar-refractivity contribution in [2.45, 2.75) is 26.8 Å². The van der Waals surface area contributed by atoms with Gasteiger partial charge in [0.25, 0.3) is 0 Å². The molecule has 1 N–H and O–H groups in total. The Morgan fingerprint density at radius 1 is 1.38 bits per heavy atom. The first kappa shape index (κ1) is 14.4. The standard InChI is InChI=1S/C16H20ClN3O/c1-11-15(12(2)19-18-11)5-6-20-7-8-21-16-4-3-14(17)9-13(16)10-20/h3-4,9H,5-8,10H2,1-2H3,(H,18,19). The van der Waals surface area contributed by atoms with Crippen molar-refractivity contribution in [3.8, 4) is 5.75 Å². The van der Waals surface area contributed by atoms with Crippen molar-refractivity contribution < 1.29 is 4.74 Å². The normalized spacial score (nSPS) is 15.4. The van der Waals surface area contributed by atoms with Crippen molar-refractivity contribution in [1.82, 2.24) is 15.1 Å². The van der Waals surface area contributed by atoms with Crippen LogP contribution < -0.4 is 4.74 Å². The van der Waals surface area contributed by atoms with Crippen LogP contribution in [0.1, 0.15) is 22.5 Å². The lowest BCUT2D eigenvalue weighted by Crippen LogP contribution is -2.28. The van der Waals surface area contributed by atoms with Crippen molar-refractivity contribution in [3.05, 3.63) is 45.7 Å². The van der Waals surface area contributed by atoms with Gasteiger partial charge in [-0.3, -0.25) is 10.00 Å². The maximum absolute atomic E-state index is 6.09. The summed E-state index contributed by atoms with van der Waals surface area (Å²) in [4.78, 5) is 2.41. The SMILES string of the molecule is Cc1n[nH]c(C)c1CCN1CCOc2ccc(Cl)cc2C1. The number of H-pyrrole nitrogens is 1. The maximum Gasteiger partial charge on any atom is 0.123 e. The van der Waals surface area contributed by atoms with E-state index in [4.69, 9.17) is 16.3 Å². The van der Waals surface area contributed by atoms with E-state index < -0.39 is 0 Å². The smallest absolute Gasteiger partial charge is 0.123 e. The van der Waals surface area contributed by atoms with Gasteiger partial charge >= 0.3 is 0 Å². The summed E-state index contributed by atoms with van der Waals surface area (Å²) in [5.41, 5.74) is 4.76. The Morgan fingerprint density at radius 3 is 3.00 bits per heavy atom. The molecule has 0 saturated heterocycles. The summed E-state index contributed by atoms with van der Waals surface area (Å²) in [5, 5.41) is 8.07. The van der Waals surface area contributed by atoms with E-state index >= 15 is 0 Å². The van der Waals surface area contributed by atoms with Gasteiger partial charge in [0.15, 0.2) is 0 Å². The minimum atomic E-state index is 0.720. The Morgan fingerprint density at radius 2 is 2.24 bits per heavy atom. The van der Waals surface area contributed by atoms with Gasteiger partial charge in [0.1, 0.15) is 12.4 Å². The Hall–Kier alpha value is -1.52. The van der Waals surface area contributed by atoms with Gasteiger partial charge in [0.05, 0.1) is 5.69 Å². The first-order valence-corrected chi connectivity index (χ1v) is 7.65. The molecule has 1 aliphatic rings. The third-order valence-electron chi connectivity index (χ3n) is 4.04. The topological polar surface area (TPSA) is 41.2 Å². The van der Waals surface area contributed by atoms with E-state index in [2.05, 4.69) is 28.9 Å². The number of fused-ring (bicyclic) bond motifs is 1. The van der Waals surface area contributed by atoms with Crippen molar-refractivity contribution in [3.63, 3.8) is 0 Å². The van der Waals surface area contributed by atoms with Crippen LogP contribution in [0.25, 0.3) is 0 Å². The van der Waals surface area contributed by atoms with Crippen LogP contribution in [0.15, 0.2) is 18.2 Å². The van der Waals surface area contributed by atoms with Crippen LogP contribution in [0, 0.1) is 13.8 Å². The summed E-state index contributed by atoms with van der Waals surface area (Å²) in [5.74, 6) is 0.956. The predicted octanol–water partition coefficient (Wildman–Crippen LogP) is 3.12. The molecule has 0 unspecified atom stereocenters. The maximum atomic E-state index is 6.09. The molecule has 4 nitrogen and oxygen atoms in total. The molecule has 0 bridgehead atoms. The Kier molecular flexibility index (Phi) is 4.17. The van der Waals surface area contributed by atoms with Crippen LogP contribution in [0.2, 0.25) is 5.02 Å². The van der Waals surface area contributed by atoms with E-state index in [9.17, 15) is 0 Å². The van der Waals surface area contributed by atoms with Gasteiger partial charge in [-0.1, -0.05) is 11.6 Å². The van der Waals surface area contributed by atoms with E-state index in [0.29, 0.717) is 0 Å². The quantitative estimate of drug-likeness (QED) is 0.947. The summed E-state index contributed by atoms with van der Waals surface area (Å²) in [6.45, 7) is 7.66. The number of halogens is 1. The largest absolute Gasteiger partial charge is 0.492 e. The molecule has 0 aliphatic carbocycles. The van der Waals surface area contributed by atoms with Gasteiger partial charge in [0.2, 0.25) is 0 Å². The molecule has 0 saturated carbocycles. The minimum absolute atomic E-state index is 0.720. The number of benzene rings is 1. The fourth-order valence-electron chi connectivity index (χ4n) is 2.82. The predicted molar refractivity (Wildman–Crippen MR) is 84.0 cm³/mol. The molecule has 2 aromatic rings. The highest BCUT2D eigenvalue weighted by Crippen LogP contribution is 2.26. The Balaban J connectivity index is 1.69. The zero-order valence-corrected chi connectivity index (χ0v) is 13.2. The third kappa shape index (κ3) is 3.22. The summed E-state index contributed by atoms with van der Waals surface area (Å²) in [7, 11) is 0. The van der Waals surface area contributed by atoms with Gasteiger partial charge in [-0.15, -0.1) is 0 Å². The third-order valence-corrected chi connectivity index (χ3v) is 4.28. The van der Waals surface area contributed by atoms with E-state index in [0.717, 1.165) is 49.1 Å². The lowest BCUT2D eigenvalue weighted by molar-refractivity contribution is 0.228. The molecular formula is C16H20ClN3O. The number of hydrogen-bond acceptors (Lipinski definition) is 3. The molecule has 0 radical (unpaired) electrons. The summed E-state index contributed by atoms with van der Waals surface area (Å²) in [6.07, 6.45) is 1.00. The number of aromatic nitrogens is 2. The first-order chi connectivity index (χ1) is 10.1. The van der Waals surface area contributed by atoms with E-state index in [1.165, 1.54) is 16.8 Å². The molecule has 21 heavy (non-hydrogen) atoms. The van der Waals surface area contributed by atoms with E-state index in [1.54, 1.807) is 0 Å². The van der Waals surface area contributed by atoms with Crippen LogP contribution in [-0.2, 0) is 13.0 Å². The number of nitrogens with one attached hydrogen (secondary N) is 1. The highest BCUT2D eigenvalue weighted by atomic mass is 35.5. The summed E-state index contributed by atoms with van der Waals surface area (Å²) < 4.78 is 5.80. The second kappa shape index (κ2) is 6.08. The molecule has 0 fully saturated rings. The van der Waals surface area contributed by atoms with E-state index in [1.807, 2.05) is 18.2 Å². The molecule has 1 aliphatic heterocycles. The summed E-state index contributed by atoms with van der Waals surface area (Å²) in [6, 6.07) is 5.85. The molecule has 1 aromatic carbocycles. The Bertz CT molecular complexity index is 619. The lowest BCUT2D eigenvalue weighted by atomic mass is 10.1. The second-order valence-corrected chi connectivity index (χ2v) is 5.98. The molecule has 0 spiro atoms. The number of ether oxygens (including phenoxy) is 1. The molecule has 112 valence electrons. The van der Waals surface area contributed by atoms with Crippen molar-refractivity contribution >= 4 is 11.6 Å². The molecular weight excluding hydrogens is 286 g/mol. The monoisotopic (exact) mass is 305 g/mol. The van der Waals surface area contributed by atoms with E-state index in [-0.39, 0.29) is 0 Å². The highest BCUT2D eigenvalue weighted by molar-refractivity contribution is 6.30. The van der Waals surface area contributed by atoms with Crippen LogP contribution in [0.5, 0.6) is 5.75 Å². The Labute approximate surface area is 130 Å². The van der Waals surface area contributed by atoms with Crippen LogP contribution >= 0.6 is 11.6 Å². The number of hydrogen-bond donors (Lipinski definition) is 1.